The first-order valence-corrected chi connectivity index (χ1v) is 5.86. The summed E-state index contributed by atoms with van der Waals surface area (Å²) in [5.41, 5.74) is 8.36. The smallest absolute Gasteiger partial charge is 0.203 e. The van der Waals surface area contributed by atoms with E-state index in [1.165, 1.54) is 0 Å². The van der Waals surface area contributed by atoms with E-state index in [0.29, 0.717) is 17.2 Å². The Balaban J connectivity index is 2.60. The van der Waals surface area contributed by atoms with Gasteiger partial charge in [0.2, 0.25) is 5.75 Å². The maximum atomic E-state index is 5.70. The van der Waals surface area contributed by atoms with E-state index >= 15 is 0 Å². The van der Waals surface area contributed by atoms with Crippen LogP contribution in [0.5, 0.6) is 17.2 Å². The van der Waals surface area contributed by atoms with Crippen molar-refractivity contribution in [2.45, 2.75) is 0 Å². The molecule has 2 aromatic carbocycles. The molecule has 0 aliphatic heterocycles. The third kappa shape index (κ3) is 2.42. The summed E-state index contributed by atoms with van der Waals surface area (Å²) >= 11 is 0. The quantitative estimate of drug-likeness (QED) is 0.858. The molecular weight excluding hydrogens is 242 g/mol. The predicted octanol–water partition coefficient (Wildman–Crippen LogP) is 2.96. The van der Waals surface area contributed by atoms with Crippen LogP contribution in [0.3, 0.4) is 0 Å². The fourth-order valence-electron chi connectivity index (χ4n) is 1.99. The highest BCUT2D eigenvalue weighted by Gasteiger charge is 2.16. The van der Waals surface area contributed by atoms with Gasteiger partial charge < -0.3 is 19.9 Å². The molecule has 2 rings (SSSR count). The van der Waals surface area contributed by atoms with Crippen LogP contribution in [0.1, 0.15) is 0 Å². The molecule has 0 spiro atoms. The average molecular weight is 259 g/mol. The van der Waals surface area contributed by atoms with Crippen LogP contribution >= 0.6 is 0 Å². The van der Waals surface area contributed by atoms with Gasteiger partial charge in [0.05, 0.1) is 21.3 Å². The van der Waals surface area contributed by atoms with Crippen LogP contribution in [0, 0.1) is 0 Å². The van der Waals surface area contributed by atoms with E-state index in [2.05, 4.69) is 0 Å². The Morgan fingerprint density at radius 3 is 1.89 bits per heavy atom. The molecule has 0 aliphatic carbocycles. The van der Waals surface area contributed by atoms with E-state index < -0.39 is 0 Å². The van der Waals surface area contributed by atoms with Crippen LogP contribution in [-0.2, 0) is 0 Å². The minimum atomic E-state index is 0.583. The van der Waals surface area contributed by atoms with Gasteiger partial charge in [-0.15, -0.1) is 0 Å². The summed E-state index contributed by atoms with van der Waals surface area (Å²) in [6.07, 6.45) is 0. The Morgan fingerprint density at radius 1 is 0.737 bits per heavy atom. The number of nitrogens with two attached hydrogens (primary N) is 1. The van der Waals surface area contributed by atoms with Gasteiger partial charge in [-0.25, -0.2) is 0 Å². The lowest BCUT2D eigenvalue weighted by Crippen LogP contribution is -1.97. The number of hydrogen-bond donors (Lipinski definition) is 1. The maximum Gasteiger partial charge on any atom is 0.203 e. The van der Waals surface area contributed by atoms with Crippen molar-refractivity contribution in [1.82, 2.24) is 0 Å². The zero-order valence-electron chi connectivity index (χ0n) is 11.3. The lowest BCUT2D eigenvalue weighted by Gasteiger charge is -2.15. The van der Waals surface area contributed by atoms with E-state index in [1.54, 1.807) is 21.3 Å². The standard InChI is InChI=1S/C15H17NO3/c1-17-13-9-8-12(14(18-2)15(13)19-3)10-4-6-11(16)7-5-10/h4-9H,16H2,1-3H3. The Hall–Kier alpha value is -2.36. The third-order valence-electron chi connectivity index (χ3n) is 2.93. The lowest BCUT2D eigenvalue weighted by atomic mass is 10.0. The molecule has 0 saturated carbocycles. The fraction of sp³-hybridized carbons (Fsp3) is 0.200. The summed E-state index contributed by atoms with van der Waals surface area (Å²) < 4.78 is 16.1. The van der Waals surface area contributed by atoms with Gasteiger partial charge in [0.1, 0.15) is 0 Å². The van der Waals surface area contributed by atoms with Gasteiger partial charge in [0, 0.05) is 11.3 Å². The molecule has 19 heavy (non-hydrogen) atoms. The minimum absolute atomic E-state index is 0.583. The van der Waals surface area contributed by atoms with Crippen molar-refractivity contribution in [3.8, 4) is 28.4 Å². The normalized spacial score (nSPS) is 10.1. The average Bonchev–Trinajstić information content (AvgIpc) is 2.46. The van der Waals surface area contributed by atoms with Crippen molar-refractivity contribution in [3.05, 3.63) is 36.4 Å². The van der Waals surface area contributed by atoms with Crippen LogP contribution in [0.4, 0.5) is 5.69 Å². The molecule has 4 nitrogen and oxygen atoms in total. The van der Waals surface area contributed by atoms with Gasteiger partial charge in [-0.1, -0.05) is 12.1 Å². The predicted molar refractivity (Wildman–Crippen MR) is 75.9 cm³/mol. The van der Waals surface area contributed by atoms with E-state index in [4.69, 9.17) is 19.9 Å². The molecule has 0 atom stereocenters. The van der Waals surface area contributed by atoms with Gasteiger partial charge in [-0.3, -0.25) is 0 Å². The summed E-state index contributed by atoms with van der Waals surface area (Å²) in [5, 5.41) is 0. The first-order valence-electron chi connectivity index (χ1n) is 5.86. The summed E-state index contributed by atoms with van der Waals surface area (Å²) in [5.74, 6) is 1.87. The second kappa shape index (κ2) is 5.52. The zero-order valence-corrected chi connectivity index (χ0v) is 11.3. The molecule has 0 radical (unpaired) electrons. The molecule has 2 aromatic rings. The Bertz CT molecular complexity index is 564. The number of benzene rings is 2. The SMILES string of the molecule is COc1ccc(-c2ccc(N)cc2)c(OC)c1OC. The summed E-state index contributed by atoms with van der Waals surface area (Å²) in [6.45, 7) is 0. The monoisotopic (exact) mass is 259 g/mol. The van der Waals surface area contributed by atoms with Gasteiger partial charge >= 0.3 is 0 Å². The van der Waals surface area contributed by atoms with Crippen LogP contribution in [0.15, 0.2) is 36.4 Å². The van der Waals surface area contributed by atoms with Crippen molar-refractivity contribution in [3.63, 3.8) is 0 Å². The van der Waals surface area contributed by atoms with Crippen molar-refractivity contribution in [2.75, 3.05) is 27.1 Å². The van der Waals surface area contributed by atoms with Crippen LogP contribution < -0.4 is 19.9 Å². The third-order valence-corrected chi connectivity index (χ3v) is 2.93. The highest BCUT2D eigenvalue weighted by atomic mass is 16.5. The number of methoxy groups -OCH3 is 3. The van der Waals surface area contributed by atoms with Gasteiger partial charge in [-0.05, 0) is 29.8 Å². The molecule has 0 unspecified atom stereocenters. The van der Waals surface area contributed by atoms with Crippen molar-refractivity contribution < 1.29 is 14.2 Å². The molecule has 0 heterocycles. The molecule has 0 saturated heterocycles. The highest BCUT2D eigenvalue weighted by molar-refractivity contribution is 5.77. The Morgan fingerprint density at radius 2 is 1.37 bits per heavy atom. The number of rotatable bonds is 4. The second-order valence-electron chi connectivity index (χ2n) is 4.00. The fourth-order valence-corrected chi connectivity index (χ4v) is 1.99. The van der Waals surface area contributed by atoms with Crippen LogP contribution in [0.2, 0.25) is 0 Å². The summed E-state index contributed by atoms with van der Waals surface area (Å²) in [6, 6.07) is 11.4. The second-order valence-corrected chi connectivity index (χ2v) is 4.00. The van der Waals surface area contributed by atoms with E-state index in [0.717, 1.165) is 16.8 Å². The van der Waals surface area contributed by atoms with Gasteiger partial charge in [-0.2, -0.15) is 0 Å². The van der Waals surface area contributed by atoms with Crippen molar-refractivity contribution in [2.24, 2.45) is 0 Å². The number of nitrogen functional groups attached to an aromatic ring is 1. The first kappa shape index (κ1) is 13.1. The summed E-state index contributed by atoms with van der Waals surface area (Å²) in [4.78, 5) is 0. The molecule has 4 heteroatoms. The molecule has 0 aliphatic rings. The minimum Gasteiger partial charge on any atom is -0.493 e. The maximum absolute atomic E-state index is 5.70. The van der Waals surface area contributed by atoms with E-state index in [9.17, 15) is 0 Å². The van der Waals surface area contributed by atoms with E-state index in [-0.39, 0.29) is 0 Å². The topological polar surface area (TPSA) is 53.7 Å². The largest absolute Gasteiger partial charge is 0.493 e. The Labute approximate surface area is 112 Å². The van der Waals surface area contributed by atoms with Gasteiger partial charge in [0.15, 0.2) is 11.5 Å². The van der Waals surface area contributed by atoms with Crippen molar-refractivity contribution >= 4 is 5.69 Å². The molecule has 2 N–H and O–H groups in total. The molecule has 0 amide bonds. The molecule has 0 aromatic heterocycles. The van der Waals surface area contributed by atoms with Crippen LogP contribution in [-0.4, -0.2) is 21.3 Å². The highest BCUT2D eigenvalue weighted by Crippen LogP contribution is 2.44. The molecule has 0 fully saturated rings. The van der Waals surface area contributed by atoms with Crippen molar-refractivity contribution in [1.29, 1.82) is 0 Å². The molecular formula is C15H17NO3. The van der Waals surface area contributed by atoms with Gasteiger partial charge in [0.25, 0.3) is 0 Å². The lowest BCUT2D eigenvalue weighted by molar-refractivity contribution is 0.325. The Kier molecular flexibility index (Phi) is 3.80. The zero-order chi connectivity index (χ0) is 13.8. The first-order chi connectivity index (χ1) is 9.21. The molecule has 100 valence electrons. The number of hydrogen-bond acceptors (Lipinski definition) is 4. The molecule has 0 bridgehead atoms. The number of ether oxygens (including phenoxy) is 3. The summed E-state index contributed by atoms with van der Waals surface area (Å²) in [7, 11) is 4.80. The van der Waals surface area contributed by atoms with Crippen LogP contribution in [0.25, 0.3) is 11.1 Å². The van der Waals surface area contributed by atoms with E-state index in [1.807, 2.05) is 36.4 Å². The number of anilines is 1.